The Balaban J connectivity index is 2.61. The summed E-state index contributed by atoms with van der Waals surface area (Å²) in [6.07, 6.45) is 0. The molecule has 1 aromatic rings. The summed E-state index contributed by atoms with van der Waals surface area (Å²) in [5, 5.41) is 8.53. The van der Waals surface area contributed by atoms with E-state index in [1.54, 1.807) is 6.07 Å². The maximum atomic E-state index is 10.8. The number of Topliss-reactive ketones (excluding diaryl/α,β-unsaturated/α-hetero) is 1. The second-order valence-corrected chi connectivity index (χ2v) is 3.71. The molecule has 0 spiro atoms. The molecule has 0 saturated heterocycles. The van der Waals surface area contributed by atoms with Crippen LogP contribution in [0, 0.1) is 0 Å². The highest BCUT2D eigenvalue weighted by Crippen LogP contribution is 2.19. The van der Waals surface area contributed by atoms with E-state index in [1.165, 1.54) is 5.56 Å². The first-order chi connectivity index (χ1) is 7.13. The highest BCUT2D eigenvalue weighted by atomic mass is 16.5. The van der Waals surface area contributed by atoms with Crippen LogP contribution in [0.15, 0.2) is 24.3 Å². The second-order valence-electron chi connectivity index (χ2n) is 3.71. The van der Waals surface area contributed by atoms with E-state index in [4.69, 9.17) is 9.84 Å². The van der Waals surface area contributed by atoms with Gasteiger partial charge >= 0.3 is 0 Å². The lowest BCUT2D eigenvalue weighted by Gasteiger charge is -2.08. The predicted octanol–water partition coefficient (Wildman–Crippen LogP) is 1.75. The quantitative estimate of drug-likeness (QED) is 0.801. The van der Waals surface area contributed by atoms with Gasteiger partial charge in [-0.1, -0.05) is 26.0 Å². The van der Waals surface area contributed by atoms with E-state index in [-0.39, 0.29) is 12.4 Å². The summed E-state index contributed by atoms with van der Waals surface area (Å²) in [6, 6.07) is 7.63. The monoisotopic (exact) mass is 208 g/mol. The minimum absolute atomic E-state index is 0.0714. The standard InChI is InChI=1S/C12H16O3/c1-9(2)10-4-3-5-12(6-10)15-8-11(14)7-13/h3-6,9,13H,7-8H2,1-2H3. The summed E-state index contributed by atoms with van der Waals surface area (Å²) in [6.45, 7) is 3.65. The van der Waals surface area contributed by atoms with Gasteiger partial charge in [-0.3, -0.25) is 4.79 Å². The first-order valence-electron chi connectivity index (χ1n) is 4.99. The van der Waals surface area contributed by atoms with E-state index in [9.17, 15) is 4.79 Å². The molecular weight excluding hydrogens is 192 g/mol. The van der Waals surface area contributed by atoms with Gasteiger partial charge in [-0.15, -0.1) is 0 Å². The highest BCUT2D eigenvalue weighted by molar-refractivity contribution is 5.80. The van der Waals surface area contributed by atoms with E-state index < -0.39 is 6.61 Å². The highest BCUT2D eigenvalue weighted by Gasteiger charge is 2.03. The lowest BCUT2D eigenvalue weighted by Crippen LogP contribution is -2.14. The van der Waals surface area contributed by atoms with Crippen molar-refractivity contribution < 1.29 is 14.6 Å². The lowest BCUT2D eigenvalue weighted by molar-refractivity contribution is -0.123. The molecule has 3 nitrogen and oxygen atoms in total. The molecule has 1 aromatic carbocycles. The summed E-state index contributed by atoms with van der Waals surface area (Å²) in [7, 11) is 0. The molecule has 0 unspecified atom stereocenters. The van der Waals surface area contributed by atoms with Gasteiger partial charge in [0.05, 0.1) is 0 Å². The topological polar surface area (TPSA) is 46.5 Å². The average Bonchev–Trinajstić information content (AvgIpc) is 2.26. The first-order valence-corrected chi connectivity index (χ1v) is 4.99. The molecule has 82 valence electrons. The van der Waals surface area contributed by atoms with Crippen molar-refractivity contribution in [2.45, 2.75) is 19.8 Å². The van der Waals surface area contributed by atoms with Gasteiger partial charge in [0.2, 0.25) is 0 Å². The first kappa shape index (κ1) is 11.7. The van der Waals surface area contributed by atoms with Gasteiger partial charge in [0.25, 0.3) is 0 Å². The van der Waals surface area contributed by atoms with Crippen molar-refractivity contribution in [3.05, 3.63) is 29.8 Å². The number of hydrogen-bond acceptors (Lipinski definition) is 3. The Hall–Kier alpha value is -1.35. The Labute approximate surface area is 89.7 Å². The van der Waals surface area contributed by atoms with E-state index in [0.717, 1.165) is 0 Å². The average molecular weight is 208 g/mol. The number of rotatable bonds is 5. The Kier molecular flexibility index (Phi) is 4.31. The normalized spacial score (nSPS) is 10.4. The zero-order valence-electron chi connectivity index (χ0n) is 9.06. The van der Waals surface area contributed by atoms with Crippen molar-refractivity contribution in [3.63, 3.8) is 0 Å². The molecule has 1 rings (SSSR count). The van der Waals surface area contributed by atoms with Crippen LogP contribution in [0.4, 0.5) is 0 Å². The molecule has 0 aliphatic carbocycles. The van der Waals surface area contributed by atoms with Crippen LogP contribution in [0.5, 0.6) is 5.75 Å². The molecule has 0 bridgehead atoms. The summed E-state index contributed by atoms with van der Waals surface area (Å²) < 4.78 is 5.24. The van der Waals surface area contributed by atoms with E-state index in [0.29, 0.717) is 11.7 Å². The fourth-order valence-corrected chi connectivity index (χ4v) is 1.17. The van der Waals surface area contributed by atoms with Gasteiger partial charge in [-0.05, 0) is 23.6 Å². The maximum absolute atomic E-state index is 10.8. The summed E-state index contributed by atoms with van der Waals surface area (Å²) in [5.74, 6) is 0.787. The summed E-state index contributed by atoms with van der Waals surface area (Å²) >= 11 is 0. The van der Waals surface area contributed by atoms with Crippen molar-refractivity contribution in [3.8, 4) is 5.75 Å². The molecule has 1 N–H and O–H groups in total. The third-order valence-electron chi connectivity index (χ3n) is 2.10. The van der Waals surface area contributed by atoms with E-state index in [1.807, 2.05) is 18.2 Å². The molecule has 0 fully saturated rings. The van der Waals surface area contributed by atoms with Gasteiger partial charge in [0.15, 0.2) is 5.78 Å². The SMILES string of the molecule is CC(C)c1cccc(OCC(=O)CO)c1. The number of carbonyl (C=O) groups excluding carboxylic acids is 1. The van der Waals surface area contributed by atoms with Crippen molar-refractivity contribution in [1.82, 2.24) is 0 Å². The van der Waals surface area contributed by atoms with Crippen LogP contribution in [-0.4, -0.2) is 24.1 Å². The van der Waals surface area contributed by atoms with Crippen LogP contribution in [0.25, 0.3) is 0 Å². The molecule has 0 heterocycles. The predicted molar refractivity (Wildman–Crippen MR) is 58.1 cm³/mol. The van der Waals surface area contributed by atoms with Crippen LogP contribution in [0.1, 0.15) is 25.3 Å². The summed E-state index contributed by atoms with van der Waals surface area (Å²) in [5.41, 5.74) is 1.17. The number of benzene rings is 1. The zero-order valence-corrected chi connectivity index (χ0v) is 9.06. The minimum atomic E-state index is -0.468. The van der Waals surface area contributed by atoms with Crippen molar-refractivity contribution in [1.29, 1.82) is 0 Å². The molecule has 0 aliphatic heterocycles. The maximum Gasteiger partial charge on any atom is 0.195 e. The molecule has 0 radical (unpaired) electrons. The summed E-state index contributed by atoms with van der Waals surface area (Å²) in [4.78, 5) is 10.8. The number of aliphatic hydroxyl groups is 1. The van der Waals surface area contributed by atoms with E-state index >= 15 is 0 Å². The van der Waals surface area contributed by atoms with Gasteiger partial charge in [-0.25, -0.2) is 0 Å². The van der Waals surface area contributed by atoms with Gasteiger partial charge in [0, 0.05) is 0 Å². The fraction of sp³-hybridized carbons (Fsp3) is 0.417. The minimum Gasteiger partial charge on any atom is -0.486 e. The third kappa shape index (κ3) is 3.72. The smallest absolute Gasteiger partial charge is 0.195 e. The largest absolute Gasteiger partial charge is 0.486 e. The molecule has 0 aliphatic rings. The number of ether oxygens (including phenoxy) is 1. The second kappa shape index (κ2) is 5.51. The third-order valence-corrected chi connectivity index (χ3v) is 2.10. The number of ketones is 1. The van der Waals surface area contributed by atoms with Gasteiger partial charge in [-0.2, -0.15) is 0 Å². The molecule has 0 amide bonds. The number of hydrogen-bond donors (Lipinski definition) is 1. The van der Waals surface area contributed by atoms with Crippen LogP contribution >= 0.6 is 0 Å². The zero-order chi connectivity index (χ0) is 11.3. The van der Waals surface area contributed by atoms with Crippen molar-refractivity contribution >= 4 is 5.78 Å². The van der Waals surface area contributed by atoms with Crippen LogP contribution < -0.4 is 4.74 Å². The number of carbonyl (C=O) groups is 1. The van der Waals surface area contributed by atoms with Crippen molar-refractivity contribution in [2.75, 3.05) is 13.2 Å². The van der Waals surface area contributed by atoms with Crippen molar-refractivity contribution in [2.24, 2.45) is 0 Å². The molecular formula is C12H16O3. The fourth-order valence-electron chi connectivity index (χ4n) is 1.17. The Morgan fingerprint density at radius 1 is 1.47 bits per heavy atom. The van der Waals surface area contributed by atoms with Gasteiger partial charge in [0.1, 0.15) is 19.0 Å². The Morgan fingerprint density at radius 3 is 2.80 bits per heavy atom. The Morgan fingerprint density at radius 2 is 2.20 bits per heavy atom. The van der Waals surface area contributed by atoms with E-state index in [2.05, 4.69) is 13.8 Å². The molecule has 0 aromatic heterocycles. The molecule has 0 atom stereocenters. The Bertz CT molecular complexity index is 331. The molecule has 15 heavy (non-hydrogen) atoms. The molecule has 3 heteroatoms. The van der Waals surface area contributed by atoms with Crippen LogP contribution in [0.3, 0.4) is 0 Å². The lowest BCUT2D eigenvalue weighted by atomic mass is 10.0. The van der Waals surface area contributed by atoms with Gasteiger partial charge < -0.3 is 9.84 Å². The number of aliphatic hydroxyl groups excluding tert-OH is 1. The molecule has 0 saturated carbocycles. The van der Waals surface area contributed by atoms with Crippen LogP contribution in [-0.2, 0) is 4.79 Å². The van der Waals surface area contributed by atoms with Crippen LogP contribution in [0.2, 0.25) is 0 Å².